The quantitative estimate of drug-likeness (QED) is 0.453. The molecule has 0 spiro atoms. The minimum atomic E-state index is -1.35. The lowest BCUT2D eigenvalue weighted by molar-refractivity contribution is -0.152. The lowest BCUT2D eigenvalue weighted by Gasteiger charge is -2.19. The third-order valence-corrected chi connectivity index (χ3v) is 2.38. The summed E-state index contributed by atoms with van der Waals surface area (Å²) in [5.74, 6) is -1.97. The number of methoxy groups -OCH3 is 1. The van der Waals surface area contributed by atoms with Gasteiger partial charge in [-0.25, -0.2) is 4.79 Å². The van der Waals surface area contributed by atoms with Gasteiger partial charge in [-0.15, -0.1) is 0 Å². The average Bonchev–Trinajstić information content (AvgIpc) is 2.43. The Morgan fingerprint density at radius 1 is 1.38 bits per heavy atom. The molecule has 0 saturated heterocycles. The monoisotopic (exact) mass is 297 g/mol. The normalized spacial score (nSPS) is 12.9. The number of ether oxygens (including phenoxy) is 2. The van der Waals surface area contributed by atoms with Crippen molar-refractivity contribution >= 4 is 23.9 Å². The minimum Gasteiger partial charge on any atom is -0.461 e. The Morgan fingerprint density at radius 3 is 2.43 bits per heavy atom. The summed E-state index contributed by atoms with van der Waals surface area (Å²) in [6, 6.07) is 0.549. The van der Waals surface area contributed by atoms with Crippen LogP contribution in [0.2, 0.25) is 0 Å². The summed E-state index contributed by atoms with van der Waals surface area (Å²) in [4.78, 5) is 34.7. The SMILES string of the molecule is CO[C@@H](C#N)C(=O)N[C@@H](CCC(=O)C=N)C(=O)OC(C)C. The number of esters is 1. The van der Waals surface area contributed by atoms with E-state index in [4.69, 9.17) is 15.4 Å². The fourth-order valence-electron chi connectivity index (χ4n) is 1.39. The van der Waals surface area contributed by atoms with Crippen LogP contribution in [0.5, 0.6) is 0 Å². The fourth-order valence-corrected chi connectivity index (χ4v) is 1.39. The number of rotatable bonds is 9. The zero-order chi connectivity index (χ0) is 16.4. The number of Topliss-reactive ketones (excluding diaryl/α,β-unsaturated/α-hetero) is 1. The summed E-state index contributed by atoms with van der Waals surface area (Å²) in [6.45, 7) is 3.29. The molecule has 0 aromatic heterocycles. The Hall–Kier alpha value is -2.27. The highest BCUT2D eigenvalue weighted by Gasteiger charge is 2.27. The third kappa shape index (κ3) is 7.17. The van der Waals surface area contributed by atoms with Crippen molar-refractivity contribution in [2.75, 3.05) is 7.11 Å². The number of amides is 1. The van der Waals surface area contributed by atoms with Crippen LogP contribution in [0, 0.1) is 16.7 Å². The van der Waals surface area contributed by atoms with Crippen molar-refractivity contribution in [2.24, 2.45) is 0 Å². The predicted octanol–water partition coefficient (Wildman–Crippen LogP) is -0.0397. The molecular weight excluding hydrogens is 278 g/mol. The molecule has 1 amide bonds. The maximum absolute atomic E-state index is 11.9. The zero-order valence-electron chi connectivity index (χ0n) is 12.2. The lowest BCUT2D eigenvalue weighted by atomic mass is 10.1. The maximum Gasteiger partial charge on any atom is 0.328 e. The van der Waals surface area contributed by atoms with E-state index in [9.17, 15) is 14.4 Å². The summed E-state index contributed by atoms with van der Waals surface area (Å²) in [7, 11) is 1.19. The Bertz CT molecular complexity index is 442. The number of nitriles is 1. The molecule has 2 N–H and O–H groups in total. The van der Waals surface area contributed by atoms with Gasteiger partial charge in [0.25, 0.3) is 5.91 Å². The first-order chi connectivity index (χ1) is 9.85. The highest BCUT2D eigenvalue weighted by Crippen LogP contribution is 2.04. The van der Waals surface area contributed by atoms with Gasteiger partial charge in [0.15, 0.2) is 5.78 Å². The first-order valence-electron chi connectivity index (χ1n) is 6.32. The van der Waals surface area contributed by atoms with Crippen LogP contribution in [0.4, 0.5) is 0 Å². The number of nitrogens with one attached hydrogen (secondary N) is 2. The van der Waals surface area contributed by atoms with E-state index in [0.717, 1.165) is 0 Å². The first-order valence-corrected chi connectivity index (χ1v) is 6.32. The zero-order valence-corrected chi connectivity index (χ0v) is 12.2. The Balaban J connectivity index is 4.83. The van der Waals surface area contributed by atoms with Gasteiger partial charge in [-0.2, -0.15) is 5.26 Å². The molecule has 0 aromatic rings. The van der Waals surface area contributed by atoms with Crippen LogP contribution in [0.3, 0.4) is 0 Å². The summed E-state index contributed by atoms with van der Waals surface area (Å²) in [6.07, 6.45) is -1.21. The molecule has 8 heteroatoms. The highest BCUT2D eigenvalue weighted by molar-refractivity contribution is 6.26. The smallest absolute Gasteiger partial charge is 0.328 e. The third-order valence-electron chi connectivity index (χ3n) is 2.38. The van der Waals surface area contributed by atoms with Gasteiger partial charge >= 0.3 is 5.97 Å². The van der Waals surface area contributed by atoms with E-state index in [-0.39, 0.29) is 18.9 Å². The number of carbonyl (C=O) groups excluding carboxylic acids is 3. The number of ketones is 1. The van der Waals surface area contributed by atoms with Crippen molar-refractivity contribution in [3.05, 3.63) is 0 Å². The van der Waals surface area contributed by atoms with E-state index in [1.807, 2.05) is 0 Å². The molecule has 0 unspecified atom stereocenters. The largest absolute Gasteiger partial charge is 0.461 e. The standard InChI is InChI=1S/C13H19N3O5/c1-8(2)21-13(19)10(5-4-9(17)6-14)16-12(18)11(7-15)20-3/h6,8,10-11,14H,4-5H2,1-3H3,(H,16,18)/t10-,11-/m0/s1. The minimum absolute atomic E-state index is 0.0205. The second-order valence-electron chi connectivity index (χ2n) is 4.44. The summed E-state index contributed by atoms with van der Waals surface area (Å²) >= 11 is 0. The number of carbonyl (C=O) groups is 3. The van der Waals surface area contributed by atoms with E-state index in [1.54, 1.807) is 19.9 Å². The van der Waals surface area contributed by atoms with Crippen LogP contribution in [0.1, 0.15) is 26.7 Å². The molecule has 8 nitrogen and oxygen atoms in total. The van der Waals surface area contributed by atoms with E-state index in [1.165, 1.54) is 7.11 Å². The molecule has 0 bridgehead atoms. The van der Waals surface area contributed by atoms with Gasteiger partial charge in [0, 0.05) is 13.5 Å². The Labute approximate surface area is 122 Å². The van der Waals surface area contributed by atoms with Crippen molar-refractivity contribution in [2.45, 2.75) is 44.9 Å². The van der Waals surface area contributed by atoms with Crippen LogP contribution in [0.25, 0.3) is 0 Å². The van der Waals surface area contributed by atoms with E-state index < -0.39 is 29.8 Å². The molecular formula is C13H19N3O5. The van der Waals surface area contributed by atoms with Crippen molar-refractivity contribution in [3.63, 3.8) is 0 Å². The number of nitrogens with zero attached hydrogens (tertiary/aromatic N) is 1. The second-order valence-corrected chi connectivity index (χ2v) is 4.44. The van der Waals surface area contributed by atoms with Gasteiger partial charge in [-0.05, 0) is 20.3 Å². The van der Waals surface area contributed by atoms with Gasteiger partial charge in [-0.1, -0.05) is 0 Å². The lowest BCUT2D eigenvalue weighted by Crippen LogP contribution is -2.47. The molecule has 0 aliphatic rings. The van der Waals surface area contributed by atoms with Crippen LogP contribution in [-0.2, 0) is 23.9 Å². The molecule has 0 aromatic carbocycles. The van der Waals surface area contributed by atoms with Crippen molar-refractivity contribution in [3.8, 4) is 6.07 Å². The van der Waals surface area contributed by atoms with Crippen LogP contribution >= 0.6 is 0 Å². The van der Waals surface area contributed by atoms with E-state index >= 15 is 0 Å². The summed E-state index contributed by atoms with van der Waals surface area (Å²) < 4.78 is 9.62. The molecule has 0 saturated carbocycles. The van der Waals surface area contributed by atoms with Crippen molar-refractivity contribution in [1.82, 2.24) is 5.32 Å². The van der Waals surface area contributed by atoms with Crippen molar-refractivity contribution < 1.29 is 23.9 Å². The molecule has 0 aliphatic carbocycles. The molecule has 0 rings (SSSR count). The van der Waals surface area contributed by atoms with Gasteiger partial charge in [0.2, 0.25) is 6.10 Å². The van der Waals surface area contributed by atoms with E-state index in [2.05, 4.69) is 10.1 Å². The molecule has 0 radical (unpaired) electrons. The topological polar surface area (TPSA) is 129 Å². The second kappa shape index (κ2) is 9.61. The molecule has 0 fully saturated rings. The summed E-state index contributed by atoms with van der Waals surface area (Å²) in [5, 5.41) is 17.8. The van der Waals surface area contributed by atoms with Crippen molar-refractivity contribution in [1.29, 1.82) is 10.7 Å². The maximum atomic E-state index is 11.9. The Morgan fingerprint density at radius 2 is 2.00 bits per heavy atom. The first kappa shape index (κ1) is 18.7. The molecule has 0 aliphatic heterocycles. The average molecular weight is 297 g/mol. The summed E-state index contributed by atoms with van der Waals surface area (Å²) in [5.41, 5.74) is 0. The van der Waals surface area contributed by atoms with E-state index in [0.29, 0.717) is 6.21 Å². The molecule has 21 heavy (non-hydrogen) atoms. The fraction of sp³-hybridized carbons (Fsp3) is 0.615. The number of hydrogen-bond donors (Lipinski definition) is 2. The van der Waals surface area contributed by atoms with Gasteiger partial charge < -0.3 is 20.2 Å². The van der Waals surface area contributed by atoms with Gasteiger partial charge in [0.05, 0.1) is 12.3 Å². The van der Waals surface area contributed by atoms with Crippen LogP contribution in [-0.4, -0.2) is 49.2 Å². The number of hydrogen-bond acceptors (Lipinski definition) is 7. The highest BCUT2D eigenvalue weighted by atomic mass is 16.5. The van der Waals surface area contributed by atoms with Crippen LogP contribution < -0.4 is 5.32 Å². The predicted molar refractivity (Wildman–Crippen MR) is 72.6 cm³/mol. The molecule has 2 atom stereocenters. The Kier molecular flexibility index (Phi) is 8.57. The molecule has 0 heterocycles. The van der Waals surface area contributed by atoms with Gasteiger partial charge in [0.1, 0.15) is 12.1 Å². The molecule has 116 valence electrons. The van der Waals surface area contributed by atoms with Gasteiger partial charge in [-0.3, -0.25) is 9.59 Å². The van der Waals surface area contributed by atoms with Crippen LogP contribution in [0.15, 0.2) is 0 Å².